The van der Waals surface area contributed by atoms with Crippen LogP contribution in [0.2, 0.25) is 0 Å². The fourth-order valence-electron chi connectivity index (χ4n) is 2.72. The zero-order valence-electron chi connectivity index (χ0n) is 15.9. The lowest BCUT2D eigenvalue weighted by atomic mass is 9.95. The second-order valence-electron chi connectivity index (χ2n) is 7.50. The van der Waals surface area contributed by atoms with Gasteiger partial charge in [0.2, 0.25) is 0 Å². The van der Waals surface area contributed by atoms with E-state index in [4.69, 9.17) is 10.5 Å². The molecule has 0 saturated heterocycles. The Kier molecular flexibility index (Phi) is 7.04. The average molecular weight is 401 g/mol. The Bertz CT molecular complexity index is 796. The third-order valence-corrected chi connectivity index (χ3v) is 4.27. The molecule has 0 saturated carbocycles. The first-order valence-corrected chi connectivity index (χ1v) is 9.01. The van der Waals surface area contributed by atoms with E-state index in [1.165, 1.54) is 12.1 Å². The van der Waals surface area contributed by atoms with E-state index < -0.39 is 28.9 Å². The Labute approximate surface area is 161 Å². The van der Waals surface area contributed by atoms with Crippen LogP contribution >= 0.6 is 0 Å². The first kappa shape index (κ1) is 22.1. The second-order valence-corrected chi connectivity index (χ2v) is 7.50. The minimum Gasteiger partial charge on any atom is -0.493 e. The molecule has 0 aliphatic heterocycles. The molecule has 0 aromatic heterocycles. The van der Waals surface area contributed by atoms with Crippen LogP contribution in [0.25, 0.3) is 0 Å². The van der Waals surface area contributed by atoms with Crippen LogP contribution in [0.15, 0.2) is 36.4 Å². The van der Waals surface area contributed by atoms with Gasteiger partial charge in [0.25, 0.3) is 0 Å². The smallest absolute Gasteiger partial charge is 0.419 e. The van der Waals surface area contributed by atoms with Crippen molar-refractivity contribution in [2.24, 2.45) is 5.73 Å². The molecule has 0 heterocycles. The van der Waals surface area contributed by atoms with Crippen LogP contribution < -0.4 is 10.5 Å². The van der Waals surface area contributed by atoms with Gasteiger partial charge in [-0.25, -0.2) is 8.78 Å². The van der Waals surface area contributed by atoms with Crippen LogP contribution in [0.5, 0.6) is 5.75 Å². The molecule has 0 atom stereocenters. The van der Waals surface area contributed by atoms with Crippen LogP contribution in [-0.4, -0.2) is 12.1 Å². The number of halogens is 5. The van der Waals surface area contributed by atoms with Crippen LogP contribution in [0, 0.1) is 11.6 Å². The minimum absolute atomic E-state index is 0.0188. The number of alkyl halides is 3. The molecular formula is C21H24F5NO. The van der Waals surface area contributed by atoms with Crippen LogP contribution in [0.4, 0.5) is 22.0 Å². The van der Waals surface area contributed by atoms with Crippen molar-refractivity contribution in [1.82, 2.24) is 0 Å². The summed E-state index contributed by atoms with van der Waals surface area (Å²) in [5.41, 5.74) is 5.41. The molecule has 0 spiro atoms. The highest BCUT2D eigenvalue weighted by atomic mass is 19.4. The largest absolute Gasteiger partial charge is 0.493 e. The van der Waals surface area contributed by atoms with Crippen molar-refractivity contribution in [2.75, 3.05) is 6.61 Å². The molecule has 0 bridgehead atoms. The number of rotatable bonds is 8. The number of aryl methyl sites for hydroxylation is 2. The summed E-state index contributed by atoms with van der Waals surface area (Å²) in [7, 11) is 0. The number of hydrogen-bond donors (Lipinski definition) is 1. The zero-order valence-corrected chi connectivity index (χ0v) is 15.9. The van der Waals surface area contributed by atoms with Gasteiger partial charge in [-0.15, -0.1) is 0 Å². The van der Waals surface area contributed by atoms with Crippen LogP contribution in [0.3, 0.4) is 0 Å². The normalized spacial score (nSPS) is 12.3. The predicted molar refractivity (Wildman–Crippen MR) is 98.2 cm³/mol. The highest BCUT2D eigenvalue weighted by molar-refractivity contribution is 5.39. The van der Waals surface area contributed by atoms with Gasteiger partial charge in [0.1, 0.15) is 17.4 Å². The average Bonchev–Trinajstić information content (AvgIpc) is 2.57. The van der Waals surface area contributed by atoms with Crippen molar-refractivity contribution < 1.29 is 26.7 Å². The molecule has 0 unspecified atom stereocenters. The maximum Gasteiger partial charge on any atom is 0.419 e. The molecule has 0 aliphatic carbocycles. The van der Waals surface area contributed by atoms with Crippen molar-refractivity contribution in [2.45, 2.75) is 51.2 Å². The Morgan fingerprint density at radius 2 is 1.68 bits per heavy atom. The summed E-state index contributed by atoms with van der Waals surface area (Å²) < 4.78 is 71.9. The lowest BCUT2D eigenvalue weighted by Crippen LogP contribution is -2.32. The molecule has 2 aromatic rings. The Balaban J connectivity index is 2.01. The molecule has 154 valence electrons. The van der Waals surface area contributed by atoms with Gasteiger partial charge < -0.3 is 10.5 Å². The van der Waals surface area contributed by atoms with Gasteiger partial charge >= 0.3 is 6.18 Å². The van der Waals surface area contributed by atoms with E-state index in [9.17, 15) is 22.0 Å². The molecule has 0 amide bonds. The van der Waals surface area contributed by atoms with Crippen LogP contribution in [-0.2, 0) is 19.0 Å². The van der Waals surface area contributed by atoms with E-state index in [2.05, 4.69) is 0 Å². The third kappa shape index (κ3) is 6.78. The van der Waals surface area contributed by atoms with Crippen molar-refractivity contribution in [3.05, 3.63) is 64.7 Å². The van der Waals surface area contributed by atoms with E-state index in [1.807, 2.05) is 13.8 Å². The van der Waals surface area contributed by atoms with Gasteiger partial charge in [0.15, 0.2) is 0 Å². The summed E-state index contributed by atoms with van der Waals surface area (Å²) in [6, 6.07) is 7.22. The van der Waals surface area contributed by atoms with Crippen molar-refractivity contribution in [3.8, 4) is 5.75 Å². The molecule has 7 heteroatoms. The van der Waals surface area contributed by atoms with Gasteiger partial charge in [-0.05, 0) is 68.9 Å². The minimum atomic E-state index is -4.55. The lowest BCUT2D eigenvalue weighted by Gasteiger charge is -2.19. The fourth-order valence-corrected chi connectivity index (χ4v) is 2.72. The zero-order chi connectivity index (χ0) is 20.9. The van der Waals surface area contributed by atoms with Gasteiger partial charge in [0, 0.05) is 11.6 Å². The number of benzene rings is 2. The lowest BCUT2D eigenvalue weighted by molar-refractivity contribution is -0.139. The van der Waals surface area contributed by atoms with Crippen LogP contribution in [0.1, 0.15) is 43.4 Å². The number of nitrogens with two attached hydrogens (primary N) is 1. The molecule has 0 aliphatic rings. The standard InChI is InChI=1S/C21H24F5NO/c1-20(2,27)10-9-14-5-8-19(17(12-14)21(24,25)26)28-11-3-4-15-6-7-16(22)13-18(15)23/h5-8,12-13H,3-4,9-11,27H2,1-2H3. The fraction of sp³-hybridized carbons (Fsp3) is 0.429. The summed E-state index contributed by atoms with van der Waals surface area (Å²) in [6.45, 7) is 3.62. The van der Waals surface area contributed by atoms with Crippen molar-refractivity contribution >= 4 is 0 Å². The molecule has 28 heavy (non-hydrogen) atoms. The summed E-state index contributed by atoms with van der Waals surface area (Å²) in [6.07, 6.45) is -3.04. The number of ether oxygens (including phenoxy) is 1. The van der Waals surface area contributed by atoms with E-state index >= 15 is 0 Å². The highest BCUT2D eigenvalue weighted by Gasteiger charge is 2.34. The first-order valence-electron chi connectivity index (χ1n) is 9.01. The maximum atomic E-state index is 13.6. The summed E-state index contributed by atoms with van der Waals surface area (Å²) in [4.78, 5) is 0. The van der Waals surface area contributed by atoms with Gasteiger partial charge in [-0.2, -0.15) is 13.2 Å². The molecule has 2 rings (SSSR count). The first-order chi connectivity index (χ1) is 13.0. The van der Waals surface area contributed by atoms with E-state index in [0.29, 0.717) is 30.4 Å². The SMILES string of the molecule is CC(C)(N)CCc1ccc(OCCCc2ccc(F)cc2F)c(C(F)(F)F)c1. The number of hydrogen-bond acceptors (Lipinski definition) is 2. The topological polar surface area (TPSA) is 35.2 Å². The third-order valence-electron chi connectivity index (χ3n) is 4.27. The Morgan fingerprint density at radius 3 is 2.29 bits per heavy atom. The van der Waals surface area contributed by atoms with E-state index in [-0.39, 0.29) is 18.8 Å². The van der Waals surface area contributed by atoms with Crippen molar-refractivity contribution in [1.29, 1.82) is 0 Å². The van der Waals surface area contributed by atoms with Crippen molar-refractivity contribution in [3.63, 3.8) is 0 Å². The van der Waals surface area contributed by atoms with E-state index in [1.54, 1.807) is 6.07 Å². The maximum absolute atomic E-state index is 13.6. The van der Waals surface area contributed by atoms with Gasteiger partial charge in [0.05, 0.1) is 12.2 Å². The molecular weight excluding hydrogens is 377 g/mol. The van der Waals surface area contributed by atoms with E-state index in [0.717, 1.165) is 18.2 Å². The monoisotopic (exact) mass is 401 g/mol. The predicted octanol–water partition coefficient (Wildman–Crippen LogP) is 5.67. The molecule has 0 fully saturated rings. The molecule has 2 nitrogen and oxygen atoms in total. The Morgan fingerprint density at radius 1 is 0.964 bits per heavy atom. The molecule has 0 radical (unpaired) electrons. The highest BCUT2D eigenvalue weighted by Crippen LogP contribution is 2.37. The van der Waals surface area contributed by atoms with Gasteiger partial charge in [-0.1, -0.05) is 12.1 Å². The molecule has 2 N–H and O–H groups in total. The Hall–Kier alpha value is -2.15. The summed E-state index contributed by atoms with van der Waals surface area (Å²) >= 11 is 0. The quantitative estimate of drug-likeness (QED) is 0.457. The molecule has 2 aromatic carbocycles. The summed E-state index contributed by atoms with van der Waals surface area (Å²) in [5.74, 6) is -1.61. The summed E-state index contributed by atoms with van der Waals surface area (Å²) in [5, 5.41) is 0. The second kappa shape index (κ2) is 8.90. The van der Waals surface area contributed by atoms with Gasteiger partial charge in [-0.3, -0.25) is 0 Å².